The lowest BCUT2D eigenvalue weighted by Crippen LogP contribution is -2.47. The van der Waals surface area contributed by atoms with Crippen molar-refractivity contribution in [3.8, 4) is 0 Å². The zero-order valence-electron chi connectivity index (χ0n) is 10.3. The maximum atomic E-state index is 5.79. The summed E-state index contributed by atoms with van der Waals surface area (Å²) in [5, 5.41) is 0.556. The Kier molecular flexibility index (Phi) is 3.41. The molecule has 1 saturated heterocycles. The van der Waals surface area contributed by atoms with Gasteiger partial charge in [0.05, 0.1) is 17.4 Å². The Morgan fingerprint density at radius 3 is 1.79 bits per heavy atom. The van der Waals surface area contributed by atoms with Crippen LogP contribution in [0.4, 0.5) is 11.9 Å². The summed E-state index contributed by atoms with van der Waals surface area (Å²) in [6.07, 6.45) is 6.77. The highest BCUT2D eigenvalue weighted by Gasteiger charge is 2.20. The third-order valence-corrected chi connectivity index (χ3v) is 3.20. The molecular weight excluding hydrogens is 264 g/mol. The molecule has 0 amide bonds. The molecule has 0 N–H and O–H groups in total. The first-order chi connectivity index (χ1) is 9.33. The first-order valence-corrected chi connectivity index (χ1v) is 6.45. The van der Waals surface area contributed by atoms with Gasteiger partial charge < -0.3 is 9.80 Å². The Labute approximate surface area is 116 Å². The van der Waals surface area contributed by atoms with Crippen molar-refractivity contribution in [2.75, 3.05) is 36.0 Å². The molecule has 0 atom stereocenters. The van der Waals surface area contributed by atoms with Crippen LogP contribution in [0, 0.1) is 0 Å². The van der Waals surface area contributed by atoms with Crippen LogP contribution in [0.15, 0.2) is 30.9 Å². The summed E-state index contributed by atoms with van der Waals surface area (Å²) in [6.45, 7) is 3.41. The van der Waals surface area contributed by atoms with E-state index in [1.54, 1.807) is 24.8 Å². The van der Waals surface area contributed by atoms with Crippen molar-refractivity contribution < 1.29 is 0 Å². The van der Waals surface area contributed by atoms with Gasteiger partial charge >= 0.3 is 0 Å². The minimum atomic E-state index is 0.556. The molecule has 2 aromatic heterocycles. The predicted octanol–water partition coefficient (Wildman–Crippen LogP) is 1.25. The number of rotatable bonds is 2. The Morgan fingerprint density at radius 1 is 0.789 bits per heavy atom. The number of hydrogen-bond acceptors (Lipinski definition) is 6. The molecule has 0 aliphatic carbocycles. The topological polar surface area (TPSA) is 58.0 Å². The van der Waals surface area contributed by atoms with Gasteiger partial charge in [0.15, 0.2) is 0 Å². The fraction of sp³-hybridized carbons (Fsp3) is 0.333. The molecule has 6 nitrogen and oxygen atoms in total. The Bertz CT molecular complexity index is 524. The molecule has 0 unspecified atom stereocenters. The van der Waals surface area contributed by atoms with Gasteiger partial charge in [-0.2, -0.15) is 0 Å². The van der Waals surface area contributed by atoms with E-state index in [1.807, 2.05) is 6.07 Å². The van der Waals surface area contributed by atoms with Crippen LogP contribution >= 0.6 is 11.6 Å². The quantitative estimate of drug-likeness (QED) is 0.823. The summed E-state index contributed by atoms with van der Waals surface area (Å²) in [4.78, 5) is 21.3. The van der Waals surface area contributed by atoms with Crippen LogP contribution in [0.5, 0.6) is 0 Å². The third kappa shape index (κ3) is 2.73. The maximum absolute atomic E-state index is 5.79. The van der Waals surface area contributed by atoms with Crippen molar-refractivity contribution in [3.05, 3.63) is 35.9 Å². The lowest BCUT2D eigenvalue weighted by atomic mass is 10.3. The van der Waals surface area contributed by atoms with Gasteiger partial charge in [-0.25, -0.2) is 19.9 Å². The zero-order chi connectivity index (χ0) is 13.1. The van der Waals surface area contributed by atoms with E-state index in [0.717, 1.165) is 38.1 Å². The molecule has 19 heavy (non-hydrogen) atoms. The van der Waals surface area contributed by atoms with Crippen molar-refractivity contribution in [1.29, 1.82) is 0 Å². The molecule has 0 radical (unpaired) electrons. The van der Waals surface area contributed by atoms with E-state index in [0.29, 0.717) is 5.02 Å². The third-order valence-electron chi connectivity index (χ3n) is 3.00. The van der Waals surface area contributed by atoms with Crippen molar-refractivity contribution in [3.63, 3.8) is 0 Å². The number of halogens is 1. The molecule has 3 heterocycles. The fourth-order valence-electron chi connectivity index (χ4n) is 2.03. The summed E-state index contributed by atoms with van der Waals surface area (Å²) in [7, 11) is 0. The van der Waals surface area contributed by atoms with E-state index < -0.39 is 0 Å². The highest BCUT2D eigenvalue weighted by molar-refractivity contribution is 6.30. The first kappa shape index (κ1) is 12.1. The van der Waals surface area contributed by atoms with Crippen molar-refractivity contribution in [1.82, 2.24) is 19.9 Å². The Morgan fingerprint density at radius 2 is 1.26 bits per heavy atom. The average Bonchev–Trinajstić information content (AvgIpc) is 2.49. The first-order valence-electron chi connectivity index (χ1n) is 6.07. The summed E-state index contributed by atoms with van der Waals surface area (Å²) in [6, 6.07) is 1.82. The number of nitrogens with zero attached hydrogens (tertiary/aromatic N) is 6. The number of aromatic nitrogens is 4. The SMILES string of the molecule is Clc1cnc(N2CCN(c3ncccn3)CC2)nc1. The van der Waals surface area contributed by atoms with Crippen LogP contribution in [-0.4, -0.2) is 46.1 Å². The number of anilines is 2. The predicted molar refractivity (Wildman–Crippen MR) is 73.5 cm³/mol. The molecule has 0 spiro atoms. The minimum Gasteiger partial charge on any atom is -0.337 e. The van der Waals surface area contributed by atoms with Gasteiger partial charge in [-0.3, -0.25) is 0 Å². The van der Waals surface area contributed by atoms with Gasteiger partial charge in [0.1, 0.15) is 0 Å². The highest BCUT2D eigenvalue weighted by atomic mass is 35.5. The molecule has 1 aliphatic rings. The van der Waals surface area contributed by atoms with Gasteiger partial charge in [0, 0.05) is 38.6 Å². The van der Waals surface area contributed by atoms with Gasteiger partial charge in [0.25, 0.3) is 0 Å². The fourth-order valence-corrected chi connectivity index (χ4v) is 2.13. The van der Waals surface area contributed by atoms with Crippen LogP contribution in [0.25, 0.3) is 0 Å². The van der Waals surface area contributed by atoms with E-state index in [1.165, 1.54) is 0 Å². The van der Waals surface area contributed by atoms with Crippen LogP contribution in [0.1, 0.15) is 0 Å². The smallest absolute Gasteiger partial charge is 0.225 e. The van der Waals surface area contributed by atoms with Crippen LogP contribution in [0.3, 0.4) is 0 Å². The lowest BCUT2D eigenvalue weighted by molar-refractivity contribution is 0.628. The van der Waals surface area contributed by atoms with Gasteiger partial charge in [-0.05, 0) is 6.07 Å². The molecule has 1 fully saturated rings. The summed E-state index contributed by atoms with van der Waals surface area (Å²) >= 11 is 5.79. The minimum absolute atomic E-state index is 0.556. The standard InChI is InChI=1S/C12H13ClN6/c13-10-8-16-12(17-9-10)19-6-4-18(5-7-19)11-14-2-1-3-15-11/h1-3,8-9H,4-7H2. The van der Waals surface area contributed by atoms with E-state index >= 15 is 0 Å². The zero-order valence-corrected chi connectivity index (χ0v) is 11.0. The number of hydrogen-bond donors (Lipinski definition) is 0. The molecule has 3 rings (SSSR count). The maximum Gasteiger partial charge on any atom is 0.225 e. The van der Waals surface area contributed by atoms with Crippen molar-refractivity contribution in [2.45, 2.75) is 0 Å². The largest absolute Gasteiger partial charge is 0.337 e. The monoisotopic (exact) mass is 276 g/mol. The molecule has 98 valence electrons. The van der Waals surface area contributed by atoms with Crippen LogP contribution in [0.2, 0.25) is 5.02 Å². The number of piperazine rings is 1. The van der Waals surface area contributed by atoms with Crippen molar-refractivity contribution in [2.24, 2.45) is 0 Å². The van der Waals surface area contributed by atoms with Crippen LogP contribution < -0.4 is 9.80 Å². The molecule has 0 aromatic carbocycles. The Hall–Kier alpha value is -1.95. The lowest BCUT2D eigenvalue weighted by Gasteiger charge is -2.34. The normalized spacial score (nSPS) is 15.6. The molecular formula is C12H13ClN6. The van der Waals surface area contributed by atoms with E-state index in [9.17, 15) is 0 Å². The molecule has 0 bridgehead atoms. The second-order valence-corrected chi connectivity index (χ2v) is 4.66. The van der Waals surface area contributed by atoms with Gasteiger partial charge in [-0.15, -0.1) is 0 Å². The molecule has 2 aromatic rings. The van der Waals surface area contributed by atoms with Crippen molar-refractivity contribution >= 4 is 23.5 Å². The van der Waals surface area contributed by atoms with E-state index in [-0.39, 0.29) is 0 Å². The second kappa shape index (κ2) is 5.36. The van der Waals surface area contributed by atoms with Gasteiger partial charge in [-0.1, -0.05) is 11.6 Å². The Balaban J connectivity index is 1.65. The molecule has 7 heteroatoms. The van der Waals surface area contributed by atoms with Crippen LogP contribution in [-0.2, 0) is 0 Å². The van der Waals surface area contributed by atoms with E-state index in [4.69, 9.17) is 11.6 Å². The summed E-state index contributed by atoms with van der Waals surface area (Å²) in [5.41, 5.74) is 0. The highest BCUT2D eigenvalue weighted by Crippen LogP contribution is 2.15. The second-order valence-electron chi connectivity index (χ2n) is 4.22. The summed E-state index contributed by atoms with van der Waals surface area (Å²) in [5.74, 6) is 1.50. The van der Waals surface area contributed by atoms with Gasteiger partial charge in [0.2, 0.25) is 11.9 Å². The molecule has 0 saturated carbocycles. The molecule has 1 aliphatic heterocycles. The summed E-state index contributed by atoms with van der Waals surface area (Å²) < 4.78 is 0. The van der Waals surface area contributed by atoms with E-state index in [2.05, 4.69) is 29.7 Å². The average molecular weight is 277 g/mol.